The van der Waals surface area contributed by atoms with Crippen LogP contribution in [0.1, 0.15) is 21.5 Å². The fourth-order valence-electron chi connectivity index (χ4n) is 2.28. The standard InChI is InChI=1S/C19H14N4O/c20-12-14-2-1-3-17(10-14)19(24)23-13-15-4-9-22-18(11-15)16-5-7-21-8-6-16/h1-11H,13H2,(H,23,24). The molecule has 2 aromatic heterocycles. The van der Waals surface area contributed by atoms with Crippen LogP contribution in [0.4, 0.5) is 0 Å². The summed E-state index contributed by atoms with van der Waals surface area (Å²) in [6, 6.07) is 16.2. The zero-order valence-corrected chi connectivity index (χ0v) is 12.8. The number of hydrogen-bond acceptors (Lipinski definition) is 4. The van der Waals surface area contributed by atoms with Gasteiger partial charge in [-0.2, -0.15) is 5.26 Å². The Morgan fingerprint density at radius 2 is 1.92 bits per heavy atom. The lowest BCUT2D eigenvalue weighted by Crippen LogP contribution is -2.22. The Kier molecular flexibility index (Phi) is 4.59. The number of aromatic nitrogens is 2. The third-order valence-corrected chi connectivity index (χ3v) is 3.51. The minimum absolute atomic E-state index is 0.214. The van der Waals surface area contributed by atoms with Crippen LogP contribution in [0.3, 0.4) is 0 Å². The third kappa shape index (κ3) is 3.62. The van der Waals surface area contributed by atoms with Crippen LogP contribution < -0.4 is 5.32 Å². The van der Waals surface area contributed by atoms with E-state index >= 15 is 0 Å². The van der Waals surface area contributed by atoms with Gasteiger partial charge < -0.3 is 5.32 Å². The average Bonchev–Trinajstić information content (AvgIpc) is 2.67. The Labute approximate surface area is 139 Å². The van der Waals surface area contributed by atoms with E-state index in [1.54, 1.807) is 42.9 Å². The molecule has 0 bridgehead atoms. The van der Waals surface area contributed by atoms with Crippen LogP contribution >= 0.6 is 0 Å². The SMILES string of the molecule is N#Cc1cccc(C(=O)NCc2ccnc(-c3ccncc3)c2)c1. The van der Waals surface area contributed by atoms with Gasteiger partial charge in [0.2, 0.25) is 0 Å². The third-order valence-electron chi connectivity index (χ3n) is 3.51. The van der Waals surface area contributed by atoms with Gasteiger partial charge >= 0.3 is 0 Å². The molecule has 0 aliphatic heterocycles. The first-order chi connectivity index (χ1) is 11.8. The Morgan fingerprint density at radius 1 is 1.08 bits per heavy atom. The van der Waals surface area contributed by atoms with Crippen molar-refractivity contribution in [1.82, 2.24) is 15.3 Å². The molecule has 3 rings (SSSR count). The van der Waals surface area contributed by atoms with Crippen LogP contribution in [0.15, 0.2) is 67.1 Å². The zero-order chi connectivity index (χ0) is 16.8. The van der Waals surface area contributed by atoms with E-state index in [2.05, 4.69) is 15.3 Å². The van der Waals surface area contributed by atoms with Gasteiger partial charge in [-0.05, 0) is 48.0 Å². The highest BCUT2D eigenvalue weighted by Gasteiger charge is 2.07. The van der Waals surface area contributed by atoms with E-state index in [0.717, 1.165) is 16.8 Å². The summed E-state index contributed by atoms with van der Waals surface area (Å²) in [5, 5.41) is 11.8. The monoisotopic (exact) mass is 314 g/mol. The van der Waals surface area contributed by atoms with Crippen molar-refractivity contribution in [2.45, 2.75) is 6.54 Å². The van der Waals surface area contributed by atoms with E-state index in [1.807, 2.05) is 30.3 Å². The molecule has 0 radical (unpaired) electrons. The van der Waals surface area contributed by atoms with Crippen molar-refractivity contribution >= 4 is 5.91 Å². The summed E-state index contributed by atoms with van der Waals surface area (Å²) in [4.78, 5) is 20.5. The van der Waals surface area contributed by atoms with E-state index in [-0.39, 0.29) is 5.91 Å². The van der Waals surface area contributed by atoms with Gasteiger partial charge in [0, 0.05) is 36.3 Å². The molecule has 0 aliphatic rings. The Balaban J connectivity index is 1.71. The number of nitrogens with one attached hydrogen (secondary N) is 1. The van der Waals surface area contributed by atoms with Crippen molar-refractivity contribution < 1.29 is 4.79 Å². The average molecular weight is 314 g/mol. The lowest BCUT2D eigenvalue weighted by molar-refractivity contribution is 0.0951. The number of hydrogen-bond donors (Lipinski definition) is 1. The summed E-state index contributed by atoms with van der Waals surface area (Å²) in [7, 11) is 0. The summed E-state index contributed by atoms with van der Waals surface area (Å²) in [6.45, 7) is 0.385. The molecule has 2 heterocycles. The minimum Gasteiger partial charge on any atom is -0.348 e. The van der Waals surface area contributed by atoms with Crippen molar-refractivity contribution in [3.8, 4) is 17.3 Å². The van der Waals surface area contributed by atoms with E-state index in [0.29, 0.717) is 17.7 Å². The van der Waals surface area contributed by atoms with Crippen molar-refractivity contribution in [3.05, 3.63) is 83.8 Å². The molecule has 0 fully saturated rings. The maximum atomic E-state index is 12.2. The van der Waals surface area contributed by atoms with Gasteiger partial charge in [0.25, 0.3) is 5.91 Å². The molecular weight excluding hydrogens is 300 g/mol. The van der Waals surface area contributed by atoms with Crippen LogP contribution in [0.2, 0.25) is 0 Å². The zero-order valence-electron chi connectivity index (χ0n) is 12.8. The predicted molar refractivity (Wildman–Crippen MR) is 89.8 cm³/mol. The van der Waals surface area contributed by atoms with E-state index in [4.69, 9.17) is 5.26 Å². The smallest absolute Gasteiger partial charge is 0.251 e. The van der Waals surface area contributed by atoms with Gasteiger partial charge in [-0.15, -0.1) is 0 Å². The Hall–Kier alpha value is -3.52. The summed E-state index contributed by atoms with van der Waals surface area (Å²) >= 11 is 0. The van der Waals surface area contributed by atoms with Crippen LogP contribution in [0, 0.1) is 11.3 Å². The second-order valence-corrected chi connectivity index (χ2v) is 5.16. The Morgan fingerprint density at radius 3 is 2.71 bits per heavy atom. The number of rotatable bonds is 4. The fraction of sp³-hybridized carbons (Fsp3) is 0.0526. The molecule has 116 valence electrons. The number of benzene rings is 1. The van der Waals surface area contributed by atoms with E-state index in [9.17, 15) is 4.79 Å². The quantitative estimate of drug-likeness (QED) is 0.803. The minimum atomic E-state index is -0.214. The molecule has 0 saturated heterocycles. The molecule has 1 aromatic carbocycles. The molecule has 1 amide bonds. The second kappa shape index (κ2) is 7.16. The molecule has 5 heteroatoms. The molecule has 0 aliphatic carbocycles. The van der Waals surface area contributed by atoms with Crippen LogP contribution in [0.25, 0.3) is 11.3 Å². The van der Waals surface area contributed by atoms with Gasteiger partial charge in [0.15, 0.2) is 0 Å². The summed E-state index contributed by atoms with van der Waals surface area (Å²) in [5.41, 5.74) is 3.68. The van der Waals surface area contributed by atoms with Gasteiger partial charge in [0.05, 0.1) is 17.3 Å². The van der Waals surface area contributed by atoms with Gasteiger partial charge in [-0.3, -0.25) is 14.8 Å². The first-order valence-corrected chi connectivity index (χ1v) is 7.40. The molecule has 0 atom stereocenters. The highest BCUT2D eigenvalue weighted by atomic mass is 16.1. The first kappa shape index (κ1) is 15.4. The van der Waals surface area contributed by atoms with Crippen molar-refractivity contribution in [2.75, 3.05) is 0 Å². The number of nitriles is 1. The van der Waals surface area contributed by atoms with E-state index in [1.165, 1.54) is 0 Å². The maximum absolute atomic E-state index is 12.2. The van der Waals surface area contributed by atoms with Crippen molar-refractivity contribution in [2.24, 2.45) is 0 Å². The topological polar surface area (TPSA) is 78.7 Å². The van der Waals surface area contributed by atoms with Crippen molar-refractivity contribution in [1.29, 1.82) is 5.26 Å². The molecule has 5 nitrogen and oxygen atoms in total. The molecule has 0 saturated carbocycles. The molecule has 24 heavy (non-hydrogen) atoms. The number of nitrogens with zero attached hydrogens (tertiary/aromatic N) is 3. The summed E-state index contributed by atoms with van der Waals surface area (Å²) in [6.07, 6.45) is 5.15. The molecule has 0 spiro atoms. The lowest BCUT2D eigenvalue weighted by Gasteiger charge is -2.07. The normalized spacial score (nSPS) is 9.96. The summed E-state index contributed by atoms with van der Waals surface area (Å²) < 4.78 is 0. The number of amides is 1. The predicted octanol–water partition coefficient (Wildman–Crippen LogP) is 2.95. The lowest BCUT2D eigenvalue weighted by atomic mass is 10.1. The Bertz CT molecular complexity index is 900. The van der Waals surface area contributed by atoms with Crippen LogP contribution in [-0.4, -0.2) is 15.9 Å². The summed E-state index contributed by atoms with van der Waals surface area (Å²) in [5.74, 6) is -0.214. The molecular formula is C19H14N4O. The van der Waals surface area contributed by atoms with Gasteiger partial charge in [-0.25, -0.2) is 0 Å². The number of pyridine rings is 2. The molecule has 0 unspecified atom stereocenters. The van der Waals surface area contributed by atoms with Crippen LogP contribution in [0.5, 0.6) is 0 Å². The van der Waals surface area contributed by atoms with Gasteiger partial charge in [-0.1, -0.05) is 6.07 Å². The van der Waals surface area contributed by atoms with Crippen LogP contribution in [-0.2, 0) is 6.54 Å². The first-order valence-electron chi connectivity index (χ1n) is 7.40. The van der Waals surface area contributed by atoms with E-state index < -0.39 is 0 Å². The van der Waals surface area contributed by atoms with Crippen molar-refractivity contribution in [3.63, 3.8) is 0 Å². The maximum Gasteiger partial charge on any atom is 0.251 e. The number of carbonyl (C=O) groups excluding carboxylic acids is 1. The molecule has 1 N–H and O–H groups in total. The molecule has 3 aromatic rings. The fourth-order valence-corrected chi connectivity index (χ4v) is 2.28. The number of carbonyl (C=O) groups is 1. The highest BCUT2D eigenvalue weighted by Crippen LogP contribution is 2.16. The largest absolute Gasteiger partial charge is 0.348 e. The highest BCUT2D eigenvalue weighted by molar-refractivity contribution is 5.94. The second-order valence-electron chi connectivity index (χ2n) is 5.16. The van der Waals surface area contributed by atoms with Gasteiger partial charge in [0.1, 0.15) is 0 Å².